The zero-order valence-corrected chi connectivity index (χ0v) is 7.50. The molecule has 1 rings (SSSR count). The quantitative estimate of drug-likeness (QED) is 0.586. The highest BCUT2D eigenvalue weighted by Crippen LogP contribution is 2.26. The van der Waals surface area contributed by atoms with Gasteiger partial charge < -0.3 is 5.73 Å². The zero-order valence-electron chi connectivity index (χ0n) is 6.69. The molecule has 0 aromatic rings. The minimum absolute atomic E-state index is 0.216. The van der Waals surface area contributed by atoms with Gasteiger partial charge in [-0.1, -0.05) is 12.2 Å². The summed E-state index contributed by atoms with van der Waals surface area (Å²) in [5.41, 5.74) is 5.92. The normalized spacial score (nSPS) is 30.0. The van der Waals surface area contributed by atoms with Crippen LogP contribution in [-0.4, -0.2) is 17.7 Å². The SMILES string of the molecule is CC1(S(=O)(=O)O)C=CC(N)=CC1. The smallest absolute Gasteiger partial charge is 0.274 e. The van der Waals surface area contributed by atoms with E-state index in [4.69, 9.17) is 10.3 Å². The summed E-state index contributed by atoms with van der Waals surface area (Å²) in [6.45, 7) is 1.45. The molecule has 0 heterocycles. The van der Waals surface area contributed by atoms with Gasteiger partial charge in [0.05, 0.1) is 0 Å². The van der Waals surface area contributed by atoms with Gasteiger partial charge in [0.15, 0.2) is 0 Å². The van der Waals surface area contributed by atoms with Crippen LogP contribution in [0.5, 0.6) is 0 Å². The fourth-order valence-corrected chi connectivity index (χ4v) is 1.45. The van der Waals surface area contributed by atoms with E-state index in [1.807, 2.05) is 0 Å². The van der Waals surface area contributed by atoms with Crippen molar-refractivity contribution < 1.29 is 13.0 Å². The molecule has 4 nitrogen and oxygen atoms in total. The van der Waals surface area contributed by atoms with Crippen LogP contribution >= 0.6 is 0 Å². The molecule has 0 amide bonds. The summed E-state index contributed by atoms with van der Waals surface area (Å²) in [6, 6.07) is 0. The van der Waals surface area contributed by atoms with Gasteiger partial charge in [-0.2, -0.15) is 8.42 Å². The highest BCUT2D eigenvalue weighted by Gasteiger charge is 2.35. The van der Waals surface area contributed by atoms with Crippen LogP contribution < -0.4 is 5.73 Å². The van der Waals surface area contributed by atoms with Crippen LogP contribution in [0, 0.1) is 0 Å². The second-order valence-electron chi connectivity index (χ2n) is 3.03. The van der Waals surface area contributed by atoms with E-state index in [0.717, 1.165) is 0 Å². The summed E-state index contributed by atoms with van der Waals surface area (Å²) in [5.74, 6) is 0. The van der Waals surface area contributed by atoms with Gasteiger partial charge in [0.25, 0.3) is 10.1 Å². The highest BCUT2D eigenvalue weighted by molar-refractivity contribution is 7.87. The molecule has 0 bridgehead atoms. The van der Waals surface area contributed by atoms with Crippen molar-refractivity contribution in [1.29, 1.82) is 0 Å². The summed E-state index contributed by atoms with van der Waals surface area (Å²) in [7, 11) is -4.04. The Labute approximate surface area is 71.5 Å². The molecule has 0 aromatic heterocycles. The minimum atomic E-state index is -4.04. The topological polar surface area (TPSA) is 80.4 Å². The monoisotopic (exact) mass is 189 g/mol. The molecule has 1 unspecified atom stereocenters. The first-order valence-electron chi connectivity index (χ1n) is 3.47. The molecule has 5 heteroatoms. The Morgan fingerprint density at radius 2 is 2.25 bits per heavy atom. The van der Waals surface area contributed by atoms with Crippen molar-refractivity contribution in [3.8, 4) is 0 Å². The molecule has 0 radical (unpaired) electrons. The van der Waals surface area contributed by atoms with E-state index in [-0.39, 0.29) is 6.42 Å². The van der Waals surface area contributed by atoms with Crippen LogP contribution in [-0.2, 0) is 10.1 Å². The van der Waals surface area contributed by atoms with Crippen LogP contribution in [0.2, 0.25) is 0 Å². The van der Waals surface area contributed by atoms with Gasteiger partial charge in [0.1, 0.15) is 4.75 Å². The van der Waals surface area contributed by atoms with E-state index in [9.17, 15) is 8.42 Å². The molecule has 1 atom stereocenters. The molecule has 0 saturated carbocycles. The van der Waals surface area contributed by atoms with Crippen molar-refractivity contribution in [3.63, 3.8) is 0 Å². The van der Waals surface area contributed by atoms with Crippen molar-refractivity contribution in [2.45, 2.75) is 18.1 Å². The number of allylic oxidation sites excluding steroid dienone is 2. The van der Waals surface area contributed by atoms with Gasteiger partial charge in [-0.25, -0.2) is 0 Å². The first-order chi connectivity index (χ1) is 5.35. The minimum Gasteiger partial charge on any atom is -0.399 e. The molecule has 12 heavy (non-hydrogen) atoms. The highest BCUT2D eigenvalue weighted by atomic mass is 32.2. The van der Waals surface area contributed by atoms with Crippen molar-refractivity contribution in [2.24, 2.45) is 5.73 Å². The lowest BCUT2D eigenvalue weighted by atomic mass is 10.0. The summed E-state index contributed by atoms with van der Waals surface area (Å²) in [5, 5.41) is 0. The number of hydrogen-bond acceptors (Lipinski definition) is 3. The summed E-state index contributed by atoms with van der Waals surface area (Å²) in [4.78, 5) is 0. The maximum Gasteiger partial charge on any atom is 0.274 e. The van der Waals surface area contributed by atoms with Gasteiger partial charge in [-0.15, -0.1) is 0 Å². The first kappa shape index (κ1) is 9.28. The van der Waals surface area contributed by atoms with Crippen LogP contribution in [0.15, 0.2) is 23.9 Å². The molecule has 1 aliphatic carbocycles. The van der Waals surface area contributed by atoms with Gasteiger partial charge in [0, 0.05) is 5.70 Å². The van der Waals surface area contributed by atoms with E-state index >= 15 is 0 Å². The number of hydrogen-bond donors (Lipinski definition) is 2. The van der Waals surface area contributed by atoms with Crippen LogP contribution in [0.4, 0.5) is 0 Å². The van der Waals surface area contributed by atoms with E-state index in [2.05, 4.69) is 0 Å². The fraction of sp³-hybridized carbons (Fsp3) is 0.429. The molecular formula is C7H11NO3S. The maximum atomic E-state index is 10.8. The van der Waals surface area contributed by atoms with Crippen LogP contribution in [0.25, 0.3) is 0 Å². The average molecular weight is 189 g/mol. The molecule has 0 aliphatic heterocycles. The van der Waals surface area contributed by atoms with Gasteiger partial charge in [0.2, 0.25) is 0 Å². The molecule has 68 valence electrons. The molecule has 0 spiro atoms. The lowest BCUT2D eigenvalue weighted by Gasteiger charge is -2.23. The standard InChI is InChI=1S/C7H11NO3S/c1-7(12(9,10)11)4-2-6(8)3-5-7/h2-4H,5,8H2,1H3,(H,9,10,11). The maximum absolute atomic E-state index is 10.8. The second-order valence-corrected chi connectivity index (χ2v) is 4.91. The largest absolute Gasteiger partial charge is 0.399 e. The van der Waals surface area contributed by atoms with Gasteiger partial charge in [-0.3, -0.25) is 4.55 Å². The van der Waals surface area contributed by atoms with E-state index in [1.54, 1.807) is 6.08 Å². The van der Waals surface area contributed by atoms with Crippen molar-refractivity contribution >= 4 is 10.1 Å². The Balaban J connectivity index is 3.02. The van der Waals surface area contributed by atoms with E-state index < -0.39 is 14.9 Å². The van der Waals surface area contributed by atoms with E-state index in [1.165, 1.54) is 19.1 Å². The number of nitrogens with two attached hydrogens (primary N) is 1. The van der Waals surface area contributed by atoms with Crippen LogP contribution in [0.3, 0.4) is 0 Å². The summed E-state index contributed by atoms with van der Waals surface area (Å²) in [6.07, 6.45) is 4.68. The molecule has 1 aliphatic rings. The Kier molecular flexibility index (Phi) is 2.01. The van der Waals surface area contributed by atoms with Crippen molar-refractivity contribution in [1.82, 2.24) is 0 Å². The third-order valence-electron chi connectivity index (χ3n) is 1.96. The summed E-state index contributed by atoms with van der Waals surface area (Å²) >= 11 is 0. The average Bonchev–Trinajstić information content (AvgIpc) is 1.93. The lowest BCUT2D eigenvalue weighted by Crippen LogP contribution is -2.33. The second kappa shape index (κ2) is 2.60. The molecular weight excluding hydrogens is 178 g/mol. The molecule has 0 saturated heterocycles. The van der Waals surface area contributed by atoms with E-state index in [0.29, 0.717) is 5.70 Å². The molecule has 3 N–H and O–H groups in total. The fourth-order valence-electron chi connectivity index (χ4n) is 0.920. The zero-order chi connectivity index (χ0) is 9.41. The summed E-state index contributed by atoms with van der Waals surface area (Å²) < 4.78 is 29.3. The Hall–Kier alpha value is -0.810. The van der Waals surface area contributed by atoms with Crippen molar-refractivity contribution in [3.05, 3.63) is 23.9 Å². The predicted octanol–water partition coefficient (Wildman–Crippen LogP) is 0.435. The first-order valence-corrected chi connectivity index (χ1v) is 4.91. The molecule has 0 fully saturated rings. The number of rotatable bonds is 1. The lowest BCUT2D eigenvalue weighted by molar-refractivity contribution is 0.452. The Morgan fingerprint density at radius 1 is 1.67 bits per heavy atom. The molecule has 0 aromatic carbocycles. The third-order valence-corrected chi connectivity index (χ3v) is 3.44. The third kappa shape index (κ3) is 1.51. The van der Waals surface area contributed by atoms with Gasteiger partial charge >= 0.3 is 0 Å². The Bertz CT molecular complexity index is 342. The Morgan fingerprint density at radius 3 is 2.58 bits per heavy atom. The van der Waals surface area contributed by atoms with Crippen LogP contribution in [0.1, 0.15) is 13.3 Å². The predicted molar refractivity (Wildman–Crippen MR) is 46.0 cm³/mol. The van der Waals surface area contributed by atoms with Crippen molar-refractivity contribution in [2.75, 3.05) is 0 Å². The van der Waals surface area contributed by atoms with Gasteiger partial charge in [-0.05, 0) is 19.4 Å².